The zero-order valence-electron chi connectivity index (χ0n) is 4.30. The number of rotatable bonds is 0. The third kappa shape index (κ3) is 89.9. The molecule has 0 saturated carbocycles. The summed E-state index contributed by atoms with van der Waals surface area (Å²) in [7, 11) is 0. The second-order valence-electron chi connectivity index (χ2n) is 1.29. The smallest absolute Gasteiger partial charge is 0 e. The van der Waals surface area contributed by atoms with Crippen LogP contribution in [0.3, 0.4) is 0 Å². The van der Waals surface area contributed by atoms with E-state index in [0.717, 1.165) is 0 Å². The first-order chi connectivity index (χ1) is 2.00. The maximum Gasteiger partial charge on any atom is 0 e. The Morgan fingerprint density at radius 1 is 1.50 bits per heavy atom. The molecule has 0 saturated heterocycles. The molecule has 0 amide bonds. The number of hydrogen-bond donors (Lipinski definition) is 1. The van der Waals surface area contributed by atoms with Crippen LogP contribution in [0.4, 0.5) is 0 Å². The summed E-state index contributed by atoms with van der Waals surface area (Å²) in [5, 5.41) is 0. The molecule has 0 fully saturated rings. The molecular formula is C2H7AsLiO2. The molecule has 0 aliphatic carbocycles. The summed E-state index contributed by atoms with van der Waals surface area (Å²) in [5.74, 6) is 0. The van der Waals surface area contributed by atoms with Crippen LogP contribution < -0.4 is 0 Å². The Hall–Kier alpha value is 0.916. The zero-order valence-corrected chi connectivity index (χ0v) is 6.18. The average Bonchev–Trinajstić information content (AvgIpc) is 0.722. The molecule has 0 aliphatic rings. The van der Waals surface area contributed by atoms with Gasteiger partial charge in [0.15, 0.2) is 0 Å². The van der Waals surface area contributed by atoms with E-state index in [0.29, 0.717) is 0 Å². The minimum absolute atomic E-state index is 0. The minimum Gasteiger partial charge on any atom is 0 e. The normalized spacial score (nSPS) is 9.83. The molecule has 0 heterocycles. The van der Waals surface area contributed by atoms with Gasteiger partial charge in [-0.2, -0.15) is 0 Å². The first-order valence-corrected chi connectivity index (χ1v) is 6.64. The summed E-state index contributed by atoms with van der Waals surface area (Å²) < 4.78 is 18.0. The summed E-state index contributed by atoms with van der Waals surface area (Å²) in [6.07, 6.45) is 0. The van der Waals surface area contributed by atoms with Crippen molar-refractivity contribution in [1.82, 2.24) is 0 Å². The summed E-state index contributed by atoms with van der Waals surface area (Å²) >= 11 is -3.12. The first kappa shape index (κ1) is 10.0. The van der Waals surface area contributed by atoms with Gasteiger partial charge in [-0.05, 0) is 0 Å². The van der Waals surface area contributed by atoms with Crippen LogP contribution in [0.1, 0.15) is 0 Å². The van der Waals surface area contributed by atoms with E-state index >= 15 is 0 Å². The zero-order chi connectivity index (χ0) is 4.50. The molecule has 4 heteroatoms. The molecule has 0 bridgehead atoms. The molecule has 0 atom stereocenters. The molecule has 0 unspecified atom stereocenters. The van der Waals surface area contributed by atoms with Gasteiger partial charge in [-0.15, -0.1) is 0 Å². The molecule has 0 aromatic rings. The quantitative estimate of drug-likeness (QED) is 0.476. The van der Waals surface area contributed by atoms with Crippen molar-refractivity contribution >= 4 is 32.7 Å². The van der Waals surface area contributed by atoms with Crippen LogP contribution >= 0.6 is 0 Å². The Bertz CT molecular complexity index is 57.7. The second kappa shape index (κ2) is 2.99. The fraction of sp³-hybridized carbons (Fsp3) is 1.00. The number of hydrogen-bond acceptors (Lipinski definition) is 1. The molecular weight excluding hydrogens is 138 g/mol. The summed E-state index contributed by atoms with van der Waals surface area (Å²) in [6.45, 7) is 0. The molecule has 33 valence electrons. The fourth-order valence-corrected chi connectivity index (χ4v) is 0. The summed E-state index contributed by atoms with van der Waals surface area (Å²) in [5.41, 5.74) is 2.72. The van der Waals surface area contributed by atoms with Gasteiger partial charge >= 0.3 is 33.1 Å². The largest absolute Gasteiger partial charge is 0 e. The van der Waals surface area contributed by atoms with E-state index in [9.17, 15) is 3.74 Å². The van der Waals surface area contributed by atoms with E-state index in [-0.39, 0.29) is 18.9 Å². The van der Waals surface area contributed by atoms with Crippen LogP contribution in [-0.2, 0) is 3.74 Å². The Balaban J connectivity index is 0. The van der Waals surface area contributed by atoms with Crippen molar-refractivity contribution in [3.05, 3.63) is 0 Å². The molecule has 0 rings (SSSR count). The van der Waals surface area contributed by atoms with Gasteiger partial charge in [0.25, 0.3) is 0 Å². The van der Waals surface area contributed by atoms with E-state index in [1.807, 2.05) is 0 Å². The van der Waals surface area contributed by atoms with Crippen molar-refractivity contribution in [1.29, 1.82) is 0 Å². The van der Waals surface area contributed by atoms with Gasteiger partial charge < -0.3 is 0 Å². The van der Waals surface area contributed by atoms with Gasteiger partial charge in [0.2, 0.25) is 0 Å². The van der Waals surface area contributed by atoms with Crippen molar-refractivity contribution in [3.63, 3.8) is 0 Å². The Labute approximate surface area is 52.1 Å². The molecule has 1 N–H and O–H groups in total. The van der Waals surface area contributed by atoms with E-state index in [2.05, 4.69) is 0 Å². The van der Waals surface area contributed by atoms with Gasteiger partial charge in [-0.3, -0.25) is 0 Å². The monoisotopic (exact) mass is 145 g/mol. The Kier molecular flexibility index (Phi) is 4.99. The molecule has 2 nitrogen and oxygen atoms in total. The SMILES string of the molecule is C[As](C)(=O)O.[Li]. The summed E-state index contributed by atoms with van der Waals surface area (Å²) in [4.78, 5) is 0. The Morgan fingerprint density at radius 3 is 1.50 bits per heavy atom. The maximum absolute atomic E-state index is 9.83. The minimum atomic E-state index is -3.12. The molecule has 0 spiro atoms. The van der Waals surface area contributed by atoms with Crippen LogP contribution in [0.2, 0.25) is 11.4 Å². The molecule has 0 aromatic carbocycles. The van der Waals surface area contributed by atoms with E-state index in [1.54, 1.807) is 0 Å². The van der Waals surface area contributed by atoms with E-state index < -0.39 is 13.8 Å². The van der Waals surface area contributed by atoms with Crippen LogP contribution in [0, 0.1) is 0 Å². The van der Waals surface area contributed by atoms with Gasteiger partial charge in [0, 0.05) is 18.9 Å². The third-order valence-electron chi connectivity index (χ3n) is 0. The predicted octanol–water partition coefficient (Wildman–Crippen LogP) is -0.270. The molecule has 0 aliphatic heterocycles. The van der Waals surface area contributed by atoms with Crippen molar-refractivity contribution in [3.8, 4) is 0 Å². The second-order valence-corrected chi connectivity index (χ2v) is 6.72. The van der Waals surface area contributed by atoms with Gasteiger partial charge in [-0.1, -0.05) is 0 Å². The predicted molar refractivity (Wildman–Crippen MR) is 26.1 cm³/mol. The summed E-state index contributed by atoms with van der Waals surface area (Å²) in [6, 6.07) is 0. The van der Waals surface area contributed by atoms with Crippen molar-refractivity contribution in [2.24, 2.45) is 0 Å². The van der Waals surface area contributed by atoms with Crippen molar-refractivity contribution in [2.75, 3.05) is 0 Å². The van der Waals surface area contributed by atoms with E-state index in [4.69, 9.17) is 4.10 Å². The van der Waals surface area contributed by atoms with Crippen LogP contribution in [-0.4, -0.2) is 36.8 Å². The van der Waals surface area contributed by atoms with Crippen LogP contribution in [0.15, 0.2) is 0 Å². The Morgan fingerprint density at radius 2 is 1.50 bits per heavy atom. The van der Waals surface area contributed by atoms with Gasteiger partial charge in [0.05, 0.1) is 0 Å². The van der Waals surface area contributed by atoms with Crippen LogP contribution in [0.25, 0.3) is 0 Å². The molecule has 1 radical (unpaired) electrons. The van der Waals surface area contributed by atoms with Crippen molar-refractivity contribution < 1.29 is 7.84 Å². The fourth-order valence-electron chi connectivity index (χ4n) is 0. The standard InChI is InChI=1S/C2H7AsO2.Li/c1-3(2,4)5;/h1-2H3,(H,4,5);. The van der Waals surface area contributed by atoms with Crippen molar-refractivity contribution in [2.45, 2.75) is 11.4 Å². The van der Waals surface area contributed by atoms with Gasteiger partial charge in [0.1, 0.15) is 0 Å². The molecule has 0 aromatic heterocycles. The van der Waals surface area contributed by atoms with Gasteiger partial charge in [-0.25, -0.2) is 0 Å². The maximum atomic E-state index is 9.83. The van der Waals surface area contributed by atoms with Crippen LogP contribution in [0.5, 0.6) is 0 Å². The average molecular weight is 145 g/mol. The topological polar surface area (TPSA) is 37.3 Å². The first-order valence-electron chi connectivity index (χ1n) is 1.28. The molecule has 6 heavy (non-hydrogen) atoms. The van der Waals surface area contributed by atoms with E-state index in [1.165, 1.54) is 11.4 Å². The third-order valence-corrected chi connectivity index (χ3v) is 0.